The van der Waals surface area contributed by atoms with E-state index in [-0.39, 0.29) is 6.10 Å². The number of aliphatic hydroxyl groups excluding tert-OH is 1. The van der Waals surface area contributed by atoms with Crippen LogP contribution in [0.2, 0.25) is 0 Å². The molecule has 0 spiro atoms. The molecule has 1 N–H and O–H groups in total. The maximum absolute atomic E-state index is 11.3. The first kappa shape index (κ1) is 17.3. The number of hydrogen-bond acceptors (Lipinski definition) is 4. The Morgan fingerprint density at radius 1 is 1.30 bits per heavy atom. The van der Waals surface area contributed by atoms with Crippen molar-refractivity contribution >= 4 is 10.8 Å². The van der Waals surface area contributed by atoms with Crippen LogP contribution in [0.15, 0.2) is 29.2 Å². The third-order valence-electron chi connectivity index (χ3n) is 2.85. The molecule has 1 rings (SSSR count). The predicted molar refractivity (Wildman–Crippen MR) is 82.2 cm³/mol. The Kier molecular flexibility index (Phi) is 7.37. The maximum Gasteiger partial charge on any atom is 0.0900 e. The van der Waals surface area contributed by atoms with Crippen LogP contribution >= 0.6 is 0 Å². The Hall–Kier alpha value is -0.750. The van der Waals surface area contributed by atoms with Gasteiger partial charge >= 0.3 is 0 Å². The molecule has 114 valence electrons. The van der Waals surface area contributed by atoms with Crippen molar-refractivity contribution in [3.63, 3.8) is 0 Å². The summed E-state index contributed by atoms with van der Waals surface area (Å²) in [4.78, 5) is 2.88. The van der Waals surface area contributed by atoms with E-state index in [0.717, 1.165) is 17.0 Å². The largest absolute Gasteiger partial charge is 0.389 e. The highest BCUT2D eigenvalue weighted by Crippen LogP contribution is 2.09. The van der Waals surface area contributed by atoms with Crippen LogP contribution in [0, 0.1) is 0 Å². The van der Waals surface area contributed by atoms with Gasteiger partial charge in [0.2, 0.25) is 0 Å². The summed E-state index contributed by atoms with van der Waals surface area (Å²) in [5.74, 6) is 0. The summed E-state index contributed by atoms with van der Waals surface area (Å²) in [6.07, 6.45) is 1.33. The summed E-state index contributed by atoms with van der Waals surface area (Å²) < 4.78 is 16.7. The van der Waals surface area contributed by atoms with Gasteiger partial charge in [-0.2, -0.15) is 0 Å². The molecule has 0 aromatic heterocycles. The second-order valence-corrected chi connectivity index (χ2v) is 6.71. The van der Waals surface area contributed by atoms with E-state index >= 15 is 0 Å². The van der Waals surface area contributed by atoms with Gasteiger partial charge in [0.1, 0.15) is 0 Å². The first-order valence-corrected chi connectivity index (χ1v) is 8.35. The summed E-state index contributed by atoms with van der Waals surface area (Å²) in [6, 6.07) is 7.73. The van der Waals surface area contributed by atoms with Crippen molar-refractivity contribution in [3.8, 4) is 0 Å². The highest BCUT2D eigenvalue weighted by Gasteiger charge is 2.10. The minimum Gasteiger partial charge on any atom is -0.389 e. The average Bonchev–Trinajstić information content (AvgIpc) is 2.36. The van der Waals surface area contributed by atoms with Crippen molar-refractivity contribution < 1.29 is 14.1 Å². The molecule has 0 aliphatic carbocycles. The van der Waals surface area contributed by atoms with Gasteiger partial charge in [-0.15, -0.1) is 0 Å². The molecule has 2 unspecified atom stereocenters. The molecule has 0 heterocycles. The van der Waals surface area contributed by atoms with Crippen molar-refractivity contribution in [1.82, 2.24) is 4.90 Å². The van der Waals surface area contributed by atoms with Gasteiger partial charge in [0.25, 0.3) is 0 Å². The van der Waals surface area contributed by atoms with Gasteiger partial charge in [-0.05, 0) is 38.6 Å². The number of nitrogens with zero attached hydrogens (tertiary/aromatic N) is 1. The Morgan fingerprint density at radius 2 is 1.90 bits per heavy atom. The van der Waals surface area contributed by atoms with E-state index in [1.807, 2.05) is 50.1 Å². The lowest BCUT2D eigenvalue weighted by Gasteiger charge is -2.21. The summed E-state index contributed by atoms with van der Waals surface area (Å²) in [6.45, 7) is 5.57. The Morgan fingerprint density at radius 3 is 2.40 bits per heavy atom. The van der Waals surface area contributed by atoms with Crippen molar-refractivity contribution in [3.05, 3.63) is 29.8 Å². The van der Waals surface area contributed by atoms with E-state index in [0.29, 0.717) is 13.2 Å². The molecule has 1 aromatic carbocycles. The molecule has 0 aliphatic heterocycles. The van der Waals surface area contributed by atoms with Gasteiger partial charge in [0.15, 0.2) is 0 Å². The van der Waals surface area contributed by atoms with Gasteiger partial charge in [0.05, 0.1) is 18.8 Å². The molecule has 0 bridgehead atoms. The Balaban J connectivity index is 2.41. The van der Waals surface area contributed by atoms with Crippen LogP contribution in [-0.2, 0) is 22.1 Å². The molecular weight excluding hydrogens is 274 g/mol. The second kappa shape index (κ2) is 8.52. The fourth-order valence-electron chi connectivity index (χ4n) is 1.88. The van der Waals surface area contributed by atoms with Crippen LogP contribution in [0.3, 0.4) is 0 Å². The zero-order valence-electron chi connectivity index (χ0n) is 12.7. The molecule has 0 aliphatic rings. The summed E-state index contributed by atoms with van der Waals surface area (Å²) in [5.41, 5.74) is 1.14. The molecule has 0 amide bonds. The molecule has 5 heteroatoms. The standard InChI is InChI=1S/C15H25NO3S/c1-12(2)19-11-14(17)10-16(3)9-13-5-7-15(8-6-13)20(4)18/h5-8,12,14,17H,9-11H2,1-4H3. The van der Waals surface area contributed by atoms with Crippen LogP contribution in [0.1, 0.15) is 19.4 Å². The first-order chi connectivity index (χ1) is 9.38. The third-order valence-corrected chi connectivity index (χ3v) is 3.79. The van der Waals surface area contributed by atoms with Crippen molar-refractivity contribution in [2.75, 3.05) is 26.5 Å². The van der Waals surface area contributed by atoms with Crippen LogP contribution in [0.25, 0.3) is 0 Å². The van der Waals surface area contributed by atoms with Gasteiger partial charge in [-0.25, -0.2) is 0 Å². The number of ether oxygens (including phenoxy) is 1. The molecule has 20 heavy (non-hydrogen) atoms. The van der Waals surface area contributed by atoms with E-state index in [9.17, 15) is 9.32 Å². The quantitative estimate of drug-likeness (QED) is 0.793. The lowest BCUT2D eigenvalue weighted by atomic mass is 10.2. The van der Waals surface area contributed by atoms with Crippen LogP contribution in [0.5, 0.6) is 0 Å². The monoisotopic (exact) mass is 299 g/mol. The number of aliphatic hydroxyl groups is 1. The minimum atomic E-state index is -0.936. The summed E-state index contributed by atoms with van der Waals surface area (Å²) in [7, 11) is 1.03. The average molecular weight is 299 g/mol. The number of benzene rings is 1. The smallest absolute Gasteiger partial charge is 0.0900 e. The van der Waals surface area contributed by atoms with E-state index in [2.05, 4.69) is 0 Å². The van der Waals surface area contributed by atoms with Gasteiger partial charge in [-0.3, -0.25) is 9.11 Å². The third kappa shape index (κ3) is 6.61. The zero-order chi connectivity index (χ0) is 15.1. The van der Waals surface area contributed by atoms with Gasteiger partial charge in [-0.1, -0.05) is 12.1 Å². The van der Waals surface area contributed by atoms with E-state index in [1.54, 1.807) is 6.26 Å². The number of hydrogen-bond donors (Lipinski definition) is 1. The molecule has 1 aromatic rings. The first-order valence-electron chi connectivity index (χ1n) is 6.79. The normalized spacial score (nSPS) is 14.8. The maximum atomic E-state index is 11.3. The highest BCUT2D eigenvalue weighted by molar-refractivity contribution is 7.84. The van der Waals surface area contributed by atoms with Crippen molar-refractivity contribution in [2.24, 2.45) is 0 Å². The van der Waals surface area contributed by atoms with E-state index in [4.69, 9.17) is 4.74 Å². The van der Waals surface area contributed by atoms with Crippen LogP contribution < -0.4 is 0 Å². The second-order valence-electron chi connectivity index (χ2n) is 5.33. The minimum absolute atomic E-state index is 0.136. The highest BCUT2D eigenvalue weighted by atomic mass is 32.2. The zero-order valence-corrected chi connectivity index (χ0v) is 13.5. The number of likely N-dealkylation sites (N-methyl/N-ethyl adjacent to an activating group) is 1. The molecule has 0 radical (unpaired) electrons. The molecule has 0 saturated carbocycles. The molecular formula is C15H25NO3S. The Bertz CT molecular complexity index is 420. The SMILES string of the molecule is CC(C)OCC(O)CN(C)Cc1ccc(S(C)=O)cc1. The van der Waals surface area contributed by atoms with Gasteiger partial charge < -0.3 is 9.84 Å². The predicted octanol–water partition coefficient (Wildman–Crippen LogP) is 1.64. The van der Waals surface area contributed by atoms with E-state index in [1.165, 1.54) is 0 Å². The van der Waals surface area contributed by atoms with Crippen LogP contribution in [-0.4, -0.2) is 52.9 Å². The van der Waals surface area contributed by atoms with Gasteiger partial charge in [0, 0.05) is 35.0 Å². The van der Waals surface area contributed by atoms with E-state index < -0.39 is 16.9 Å². The summed E-state index contributed by atoms with van der Waals surface area (Å²) in [5, 5.41) is 9.86. The molecule has 0 fully saturated rings. The molecule has 2 atom stereocenters. The molecule has 4 nitrogen and oxygen atoms in total. The number of rotatable bonds is 8. The molecule has 0 saturated heterocycles. The lowest BCUT2D eigenvalue weighted by molar-refractivity contribution is -0.00634. The fourth-order valence-corrected chi connectivity index (χ4v) is 2.40. The Labute approximate surface area is 124 Å². The topological polar surface area (TPSA) is 49.8 Å². The summed E-state index contributed by atoms with van der Waals surface area (Å²) >= 11 is 0. The fraction of sp³-hybridized carbons (Fsp3) is 0.600. The lowest BCUT2D eigenvalue weighted by Crippen LogP contribution is -2.32. The van der Waals surface area contributed by atoms with Crippen molar-refractivity contribution in [2.45, 2.75) is 37.5 Å². The van der Waals surface area contributed by atoms with Crippen LogP contribution in [0.4, 0.5) is 0 Å². The van der Waals surface area contributed by atoms with Crippen molar-refractivity contribution in [1.29, 1.82) is 0 Å².